The van der Waals surface area contributed by atoms with Gasteiger partial charge in [0, 0.05) is 31.0 Å². The molecule has 0 bridgehead atoms. The molecule has 2 heterocycles. The van der Waals surface area contributed by atoms with Crippen molar-refractivity contribution in [1.29, 1.82) is 0 Å². The molecule has 2 aromatic rings. The molecule has 0 aliphatic carbocycles. The van der Waals surface area contributed by atoms with Crippen molar-refractivity contribution >= 4 is 11.7 Å². The highest BCUT2D eigenvalue weighted by Gasteiger charge is 2.12. The van der Waals surface area contributed by atoms with Crippen molar-refractivity contribution in [1.82, 2.24) is 14.8 Å². The van der Waals surface area contributed by atoms with Gasteiger partial charge in [-0.05, 0) is 26.0 Å². The molecule has 2 aromatic heterocycles. The maximum Gasteiger partial charge on any atom is 0.252 e. The average Bonchev–Trinajstić information content (AvgIpc) is 2.61. The van der Waals surface area contributed by atoms with Crippen LogP contribution in [-0.2, 0) is 13.6 Å². The van der Waals surface area contributed by atoms with E-state index in [9.17, 15) is 4.79 Å². The van der Waals surface area contributed by atoms with Crippen LogP contribution in [-0.4, -0.2) is 20.7 Å². The Bertz CT molecular complexity index is 617. The molecule has 0 aromatic carbocycles. The van der Waals surface area contributed by atoms with Crippen LogP contribution in [0, 0.1) is 13.8 Å². The normalized spacial score (nSPS) is 10.5. The molecule has 1 amide bonds. The first-order chi connectivity index (χ1) is 9.00. The van der Waals surface area contributed by atoms with E-state index in [4.69, 9.17) is 5.73 Å². The van der Waals surface area contributed by atoms with Gasteiger partial charge >= 0.3 is 0 Å². The van der Waals surface area contributed by atoms with Gasteiger partial charge in [0.25, 0.3) is 5.91 Å². The molecule has 6 nitrogen and oxygen atoms in total. The van der Waals surface area contributed by atoms with Gasteiger partial charge in [0.2, 0.25) is 0 Å². The predicted octanol–water partition coefficient (Wildman–Crippen LogP) is 1.14. The van der Waals surface area contributed by atoms with E-state index >= 15 is 0 Å². The van der Waals surface area contributed by atoms with Gasteiger partial charge in [0.05, 0.1) is 11.3 Å². The first-order valence-electron chi connectivity index (χ1n) is 5.98. The SMILES string of the molecule is Cc1nn(C)c(C)c1CNc1ncccc1C(N)=O. The Morgan fingerprint density at radius 3 is 2.79 bits per heavy atom. The Hall–Kier alpha value is -2.37. The summed E-state index contributed by atoms with van der Waals surface area (Å²) in [5, 5.41) is 7.49. The average molecular weight is 259 g/mol. The van der Waals surface area contributed by atoms with E-state index in [1.54, 1.807) is 18.3 Å². The fourth-order valence-corrected chi connectivity index (χ4v) is 1.99. The van der Waals surface area contributed by atoms with Gasteiger partial charge in [-0.2, -0.15) is 5.10 Å². The molecule has 0 radical (unpaired) electrons. The lowest BCUT2D eigenvalue weighted by atomic mass is 10.2. The standard InChI is InChI=1S/C13H17N5O/c1-8-11(9(2)18(3)17-8)7-16-13-10(12(14)19)5-4-6-15-13/h4-6H,7H2,1-3H3,(H2,14,19)(H,15,16). The number of aryl methyl sites for hydroxylation is 2. The smallest absolute Gasteiger partial charge is 0.252 e. The summed E-state index contributed by atoms with van der Waals surface area (Å²) < 4.78 is 1.83. The van der Waals surface area contributed by atoms with Crippen LogP contribution < -0.4 is 11.1 Å². The highest BCUT2D eigenvalue weighted by atomic mass is 16.1. The van der Waals surface area contributed by atoms with Crippen molar-refractivity contribution in [2.24, 2.45) is 12.8 Å². The topological polar surface area (TPSA) is 85.8 Å². The lowest BCUT2D eigenvalue weighted by molar-refractivity contribution is 0.100. The summed E-state index contributed by atoms with van der Waals surface area (Å²) in [4.78, 5) is 15.4. The molecule has 0 saturated heterocycles. The van der Waals surface area contributed by atoms with Gasteiger partial charge in [-0.1, -0.05) is 0 Å². The largest absolute Gasteiger partial charge is 0.365 e. The zero-order chi connectivity index (χ0) is 14.0. The van der Waals surface area contributed by atoms with Crippen LogP contribution >= 0.6 is 0 Å². The Labute approximate surface area is 111 Å². The second-order valence-corrected chi connectivity index (χ2v) is 4.39. The Morgan fingerprint density at radius 2 is 2.21 bits per heavy atom. The van der Waals surface area contributed by atoms with E-state index in [1.807, 2.05) is 25.6 Å². The maximum atomic E-state index is 11.3. The fourth-order valence-electron chi connectivity index (χ4n) is 1.99. The van der Waals surface area contributed by atoms with Crippen LogP contribution in [0.15, 0.2) is 18.3 Å². The summed E-state index contributed by atoms with van der Waals surface area (Å²) >= 11 is 0. The van der Waals surface area contributed by atoms with Crippen LogP contribution in [0.3, 0.4) is 0 Å². The maximum absolute atomic E-state index is 11.3. The van der Waals surface area contributed by atoms with Crippen molar-refractivity contribution in [3.8, 4) is 0 Å². The molecule has 2 rings (SSSR count). The van der Waals surface area contributed by atoms with Crippen LogP contribution in [0.5, 0.6) is 0 Å². The molecule has 0 unspecified atom stereocenters. The summed E-state index contributed by atoms with van der Waals surface area (Å²) in [6.45, 7) is 4.52. The monoisotopic (exact) mass is 259 g/mol. The molecule has 0 spiro atoms. The van der Waals surface area contributed by atoms with E-state index in [2.05, 4.69) is 15.4 Å². The highest BCUT2D eigenvalue weighted by Crippen LogP contribution is 2.16. The zero-order valence-electron chi connectivity index (χ0n) is 11.3. The van der Waals surface area contributed by atoms with E-state index in [1.165, 1.54) is 0 Å². The summed E-state index contributed by atoms with van der Waals surface area (Å²) in [6, 6.07) is 3.34. The predicted molar refractivity (Wildman–Crippen MR) is 72.8 cm³/mol. The van der Waals surface area contributed by atoms with Crippen LogP contribution in [0.25, 0.3) is 0 Å². The minimum atomic E-state index is -0.491. The Kier molecular flexibility index (Phi) is 3.50. The van der Waals surface area contributed by atoms with Gasteiger partial charge in [0.1, 0.15) is 5.82 Å². The number of aromatic nitrogens is 3. The summed E-state index contributed by atoms with van der Waals surface area (Å²) in [7, 11) is 1.90. The number of carbonyl (C=O) groups excluding carboxylic acids is 1. The molecule has 0 aliphatic rings. The summed E-state index contributed by atoms with van der Waals surface area (Å²) in [6.07, 6.45) is 1.62. The quantitative estimate of drug-likeness (QED) is 0.862. The number of hydrogen-bond donors (Lipinski definition) is 2. The van der Waals surface area contributed by atoms with E-state index in [0.717, 1.165) is 17.0 Å². The number of anilines is 1. The van der Waals surface area contributed by atoms with Gasteiger partial charge in [-0.3, -0.25) is 9.48 Å². The van der Waals surface area contributed by atoms with E-state index in [0.29, 0.717) is 17.9 Å². The van der Waals surface area contributed by atoms with Crippen molar-refractivity contribution < 1.29 is 4.79 Å². The molecule has 0 saturated carbocycles. The third kappa shape index (κ3) is 2.57. The van der Waals surface area contributed by atoms with Crippen molar-refractivity contribution in [3.05, 3.63) is 40.8 Å². The second-order valence-electron chi connectivity index (χ2n) is 4.39. The number of carbonyl (C=O) groups is 1. The number of nitrogens with one attached hydrogen (secondary N) is 1. The van der Waals surface area contributed by atoms with Gasteiger partial charge in [-0.15, -0.1) is 0 Å². The number of primary amides is 1. The lowest BCUT2D eigenvalue weighted by Crippen LogP contribution is -2.15. The van der Waals surface area contributed by atoms with E-state index < -0.39 is 5.91 Å². The number of rotatable bonds is 4. The first-order valence-corrected chi connectivity index (χ1v) is 5.98. The minimum absolute atomic E-state index is 0.390. The zero-order valence-corrected chi connectivity index (χ0v) is 11.3. The fraction of sp³-hybridized carbons (Fsp3) is 0.308. The third-order valence-electron chi connectivity index (χ3n) is 3.16. The molecular weight excluding hydrogens is 242 g/mol. The van der Waals surface area contributed by atoms with E-state index in [-0.39, 0.29) is 0 Å². The van der Waals surface area contributed by atoms with Gasteiger partial charge in [-0.25, -0.2) is 4.98 Å². The van der Waals surface area contributed by atoms with Crippen LogP contribution in [0.2, 0.25) is 0 Å². The molecule has 3 N–H and O–H groups in total. The van der Waals surface area contributed by atoms with Crippen LogP contribution in [0.4, 0.5) is 5.82 Å². The molecular formula is C13H17N5O. The highest BCUT2D eigenvalue weighted by molar-refractivity contribution is 5.97. The number of nitrogens with two attached hydrogens (primary N) is 1. The molecule has 0 atom stereocenters. The van der Waals surface area contributed by atoms with Crippen molar-refractivity contribution in [2.45, 2.75) is 20.4 Å². The Balaban J connectivity index is 2.22. The lowest BCUT2D eigenvalue weighted by Gasteiger charge is -2.09. The Morgan fingerprint density at radius 1 is 1.47 bits per heavy atom. The number of amides is 1. The number of nitrogens with zero attached hydrogens (tertiary/aromatic N) is 3. The van der Waals surface area contributed by atoms with Gasteiger partial charge in [0.15, 0.2) is 0 Å². The molecule has 0 fully saturated rings. The number of hydrogen-bond acceptors (Lipinski definition) is 4. The van der Waals surface area contributed by atoms with Crippen molar-refractivity contribution in [2.75, 3.05) is 5.32 Å². The molecule has 100 valence electrons. The van der Waals surface area contributed by atoms with Crippen LogP contribution in [0.1, 0.15) is 27.3 Å². The number of pyridine rings is 1. The molecule has 19 heavy (non-hydrogen) atoms. The first kappa shape index (κ1) is 13.1. The molecule has 6 heteroatoms. The van der Waals surface area contributed by atoms with Gasteiger partial charge < -0.3 is 11.1 Å². The third-order valence-corrected chi connectivity index (χ3v) is 3.16. The minimum Gasteiger partial charge on any atom is -0.365 e. The molecule has 0 aliphatic heterocycles. The summed E-state index contributed by atoms with van der Waals surface area (Å²) in [5.74, 6) is 0.00730. The van der Waals surface area contributed by atoms with Crippen molar-refractivity contribution in [3.63, 3.8) is 0 Å². The summed E-state index contributed by atoms with van der Waals surface area (Å²) in [5.41, 5.74) is 8.85. The second kappa shape index (κ2) is 5.09.